The van der Waals surface area contributed by atoms with Crippen LogP contribution in [0.5, 0.6) is 0 Å². The van der Waals surface area contributed by atoms with Gasteiger partial charge in [-0.15, -0.1) is 0 Å². The van der Waals surface area contributed by atoms with E-state index in [0.717, 1.165) is 26.2 Å². The number of nitrogens with zero attached hydrogens (tertiary/aromatic N) is 1. The Bertz CT molecular complexity index is 195. The van der Waals surface area contributed by atoms with Gasteiger partial charge >= 0.3 is 0 Å². The van der Waals surface area contributed by atoms with Crippen LogP contribution in [0.3, 0.4) is 0 Å². The first-order valence-corrected chi connectivity index (χ1v) is 6.05. The molecule has 0 spiro atoms. The molecule has 0 aromatic rings. The zero-order chi connectivity index (χ0) is 10.7. The highest BCUT2D eigenvalue weighted by atomic mass is 16.5. The van der Waals surface area contributed by atoms with Gasteiger partial charge in [-0.2, -0.15) is 0 Å². The SMILES string of the molecule is CCO[C@H]1CN(C2CCNCC2)C[C@@H]1O. The zero-order valence-corrected chi connectivity index (χ0v) is 9.48. The number of aliphatic hydroxyl groups is 1. The maximum absolute atomic E-state index is 9.84. The highest BCUT2D eigenvalue weighted by molar-refractivity contribution is 4.90. The minimum atomic E-state index is -0.292. The van der Waals surface area contributed by atoms with Crippen molar-refractivity contribution in [1.82, 2.24) is 10.2 Å². The van der Waals surface area contributed by atoms with E-state index in [4.69, 9.17) is 4.74 Å². The molecule has 0 radical (unpaired) electrons. The molecule has 2 aliphatic heterocycles. The molecule has 2 rings (SSSR count). The van der Waals surface area contributed by atoms with E-state index in [0.29, 0.717) is 12.6 Å². The van der Waals surface area contributed by atoms with Crippen molar-refractivity contribution < 1.29 is 9.84 Å². The van der Waals surface area contributed by atoms with Gasteiger partial charge in [-0.1, -0.05) is 0 Å². The summed E-state index contributed by atoms with van der Waals surface area (Å²) >= 11 is 0. The summed E-state index contributed by atoms with van der Waals surface area (Å²) in [6.07, 6.45) is 2.14. The number of likely N-dealkylation sites (tertiary alicyclic amines) is 1. The van der Waals surface area contributed by atoms with E-state index in [2.05, 4.69) is 10.2 Å². The van der Waals surface area contributed by atoms with Gasteiger partial charge in [-0.3, -0.25) is 4.90 Å². The van der Waals surface area contributed by atoms with Gasteiger partial charge in [0.25, 0.3) is 0 Å². The average molecular weight is 214 g/mol. The lowest BCUT2D eigenvalue weighted by atomic mass is 10.1. The molecule has 0 amide bonds. The van der Waals surface area contributed by atoms with Gasteiger partial charge < -0.3 is 15.2 Å². The Balaban J connectivity index is 1.84. The summed E-state index contributed by atoms with van der Waals surface area (Å²) < 4.78 is 5.53. The Morgan fingerprint density at radius 1 is 1.33 bits per heavy atom. The number of aliphatic hydroxyl groups excluding tert-OH is 1. The molecule has 2 saturated heterocycles. The molecule has 2 fully saturated rings. The second-order valence-electron chi connectivity index (χ2n) is 4.50. The van der Waals surface area contributed by atoms with Crippen LogP contribution in [-0.2, 0) is 4.74 Å². The number of rotatable bonds is 3. The van der Waals surface area contributed by atoms with Crippen LogP contribution in [0.4, 0.5) is 0 Å². The first kappa shape index (κ1) is 11.3. The van der Waals surface area contributed by atoms with Crippen LogP contribution in [0.15, 0.2) is 0 Å². The smallest absolute Gasteiger partial charge is 0.0972 e. The third kappa shape index (κ3) is 2.69. The minimum Gasteiger partial charge on any atom is -0.389 e. The highest BCUT2D eigenvalue weighted by Crippen LogP contribution is 2.20. The summed E-state index contributed by atoms with van der Waals surface area (Å²) in [5.41, 5.74) is 0. The fraction of sp³-hybridized carbons (Fsp3) is 1.00. The van der Waals surface area contributed by atoms with E-state index >= 15 is 0 Å². The number of ether oxygens (including phenoxy) is 1. The molecule has 0 unspecified atom stereocenters. The summed E-state index contributed by atoms with van der Waals surface area (Å²) in [5.74, 6) is 0. The number of hydrogen-bond acceptors (Lipinski definition) is 4. The molecule has 0 aliphatic carbocycles. The van der Waals surface area contributed by atoms with Gasteiger partial charge in [-0.25, -0.2) is 0 Å². The minimum absolute atomic E-state index is 0.0323. The average Bonchev–Trinajstić information content (AvgIpc) is 2.63. The molecule has 88 valence electrons. The highest BCUT2D eigenvalue weighted by Gasteiger charge is 2.35. The lowest BCUT2D eigenvalue weighted by molar-refractivity contribution is -0.00268. The molecule has 4 nitrogen and oxygen atoms in total. The summed E-state index contributed by atoms with van der Waals surface area (Å²) in [6, 6.07) is 0.645. The van der Waals surface area contributed by atoms with Gasteiger partial charge in [0.1, 0.15) is 0 Å². The van der Waals surface area contributed by atoms with Crippen molar-refractivity contribution >= 4 is 0 Å². The number of piperidine rings is 1. The van der Waals surface area contributed by atoms with Gasteiger partial charge in [0.2, 0.25) is 0 Å². The van der Waals surface area contributed by atoms with E-state index in [9.17, 15) is 5.11 Å². The molecule has 0 bridgehead atoms. The molecule has 2 atom stereocenters. The lowest BCUT2D eigenvalue weighted by Crippen LogP contribution is -2.42. The fourth-order valence-corrected chi connectivity index (χ4v) is 2.63. The maximum Gasteiger partial charge on any atom is 0.0972 e. The van der Waals surface area contributed by atoms with Gasteiger partial charge in [-0.05, 0) is 32.9 Å². The van der Waals surface area contributed by atoms with E-state index < -0.39 is 0 Å². The molecule has 0 aromatic heterocycles. The monoisotopic (exact) mass is 214 g/mol. The van der Waals surface area contributed by atoms with Crippen molar-refractivity contribution in [1.29, 1.82) is 0 Å². The topological polar surface area (TPSA) is 44.7 Å². The van der Waals surface area contributed by atoms with Crippen molar-refractivity contribution in [3.8, 4) is 0 Å². The van der Waals surface area contributed by atoms with E-state index in [1.807, 2.05) is 6.92 Å². The number of β-amino-alcohol motifs (C(OH)–C–C–N with tert-alkyl or cyclic N) is 1. The van der Waals surface area contributed by atoms with Gasteiger partial charge in [0.05, 0.1) is 12.2 Å². The Morgan fingerprint density at radius 2 is 2.07 bits per heavy atom. The predicted molar refractivity (Wildman–Crippen MR) is 58.9 cm³/mol. The van der Waals surface area contributed by atoms with Crippen LogP contribution in [0.1, 0.15) is 19.8 Å². The predicted octanol–water partition coefficient (Wildman–Crippen LogP) is -0.180. The Kier molecular flexibility index (Phi) is 3.97. The lowest BCUT2D eigenvalue weighted by Gasteiger charge is -2.31. The van der Waals surface area contributed by atoms with E-state index in [1.165, 1.54) is 12.8 Å². The number of hydrogen-bond donors (Lipinski definition) is 2. The van der Waals surface area contributed by atoms with Crippen molar-refractivity contribution in [2.45, 2.75) is 38.0 Å². The van der Waals surface area contributed by atoms with Crippen LogP contribution in [0.2, 0.25) is 0 Å². The second kappa shape index (κ2) is 5.25. The molecule has 0 aromatic carbocycles. The maximum atomic E-state index is 9.84. The van der Waals surface area contributed by atoms with Crippen molar-refractivity contribution in [3.05, 3.63) is 0 Å². The van der Waals surface area contributed by atoms with Crippen molar-refractivity contribution in [2.75, 3.05) is 32.8 Å². The summed E-state index contributed by atoms with van der Waals surface area (Å²) in [7, 11) is 0. The van der Waals surface area contributed by atoms with Crippen LogP contribution in [0, 0.1) is 0 Å². The second-order valence-corrected chi connectivity index (χ2v) is 4.50. The number of nitrogens with one attached hydrogen (secondary N) is 1. The van der Waals surface area contributed by atoms with Crippen LogP contribution >= 0.6 is 0 Å². The third-order valence-corrected chi connectivity index (χ3v) is 3.47. The zero-order valence-electron chi connectivity index (χ0n) is 9.48. The van der Waals surface area contributed by atoms with Gasteiger partial charge in [0.15, 0.2) is 0 Å². The third-order valence-electron chi connectivity index (χ3n) is 3.47. The Labute approximate surface area is 91.6 Å². The van der Waals surface area contributed by atoms with E-state index in [1.54, 1.807) is 0 Å². The molecule has 2 N–H and O–H groups in total. The standard InChI is InChI=1S/C11H22N2O2/c1-2-15-11-8-13(7-10(11)14)9-3-5-12-6-4-9/h9-12,14H,2-8H2,1H3/t10-,11-/m0/s1. The largest absolute Gasteiger partial charge is 0.389 e. The molecule has 2 heterocycles. The summed E-state index contributed by atoms with van der Waals surface area (Å²) in [6.45, 7) is 6.59. The molecule has 4 heteroatoms. The first-order chi connectivity index (χ1) is 7.31. The molecule has 15 heavy (non-hydrogen) atoms. The quantitative estimate of drug-likeness (QED) is 0.684. The molecule has 0 saturated carbocycles. The van der Waals surface area contributed by atoms with Crippen molar-refractivity contribution in [3.63, 3.8) is 0 Å². The van der Waals surface area contributed by atoms with E-state index in [-0.39, 0.29) is 12.2 Å². The van der Waals surface area contributed by atoms with Crippen LogP contribution in [0.25, 0.3) is 0 Å². The first-order valence-electron chi connectivity index (χ1n) is 6.05. The van der Waals surface area contributed by atoms with Crippen LogP contribution < -0.4 is 5.32 Å². The Morgan fingerprint density at radius 3 is 2.73 bits per heavy atom. The normalized spacial score (nSPS) is 34.8. The van der Waals surface area contributed by atoms with Crippen molar-refractivity contribution in [2.24, 2.45) is 0 Å². The summed E-state index contributed by atoms with van der Waals surface area (Å²) in [4.78, 5) is 2.39. The molecule has 2 aliphatic rings. The fourth-order valence-electron chi connectivity index (χ4n) is 2.63. The molecular weight excluding hydrogens is 192 g/mol. The Hall–Kier alpha value is -0.160. The molecular formula is C11H22N2O2. The van der Waals surface area contributed by atoms with Crippen LogP contribution in [-0.4, -0.2) is 61.0 Å². The summed E-state index contributed by atoms with van der Waals surface area (Å²) in [5, 5.41) is 13.2. The van der Waals surface area contributed by atoms with Gasteiger partial charge in [0, 0.05) is 25.7 Å².